The van der Waals surface area contributed by atoms with Gasteiger partial charge in [0.15, 0.2) is 0 Å². The lowest BCUT2D eigenvalue weighted by Gasteiger charge is -2.11. The number of carbonyl (C=O) groups is 2. The number of halogens is 1. The van der Waals surface area contributed by atoms with Crippen LogP contribution in [-0.4, -0.2) is 23.0 Å². The van der Waals surface area contributed by atoms with Crippen LogP contribution in [0.3, 0.4) is 0 Å². The van der Waals surface area contributed by atoms with Gasteiger partial charge >= 0.3 is 5.97 Å². The summed E-state index contributed by atoms with van der Waals surface area (Å²) >= 11 is 2.13. The number of carbonyl (C=O) groups excluding carboxylic acids is 1. The standard InChI is InChI=1S/C11H13IN2O3/c12-7-2-1-3-8(6-7)14-11(17)9(13)4-5-10(15)16/h1-3,6,9H,4-5,13H2,(H,14,17)(H,15,16). The molecule has 5 nitrogen and oxygen atoms in total. The molecule has 0 saturated heterocycles. The Kier molecular flexibility index (Phi) is 5.36. The number of aliphatic carboxylic acids is 1. The molecule has 1 atom stereocenters. The largest absolute Gasteiger partial charge is 0.481 e. The molecule has 0 fully saturated rings. The van der Waals surface area contributed by atoms with Crippen LogP contribution < -0.4 is 11.1 Å². The summed E-state index contributed by atoms with van der Waals surface area (Å²) in [4.78, 5) is 21.9. The molecule has 1 aromatic rings. The molecule has 0 aromatic heterocycles. The van der Waals surface area contributed by atoms with Gasteiger partial charge in [-0.2, -0.15) is 0 Å². The summed E-state index contributed by atoms with van der Waals surface area (Å²) in [5.74, 6) is -1.32. The molecule has 17 heavy (non-hydrogen) atoms. The van der Waals surface area contributed by atoms with Gasteiger partial charge < -0.3 is 16.2 Å². The minimum atomic E-state index is -0.956. The molecule has 6 heteroatoms. The molecular formula is C11H13IN2O3. The molecule has 0 aliphatic heterocycles. The molecule has 0 spiro atoms. The van der Waals surface area contributed by atoms with E-state index in [0.717, 1.165) is 3.57 Å². The summed E-state index contributed by atoms with van der Waals surface area (Å²) in [5.41, 5.74) is 6.23. The smallest absolute Gasteiger partial charge is 0.303 e. The maximum Gasteiger partial charge on any atom is 0.303 e. The van der Waals surface area contributed by atoms with Gasteiger partial charge in [0.25, 0.3) is 0 Å². The maximum absolute atomic E-state index is 11.6. The molecule has 1 aromatic carbocycles. The van der Waals surface area contributed by atoms with E-state index in [2.05, 4.69) is 27.9 Å². The number of amides is 1. The highest BCUT2D eigenvalue weighted by atomic mass is 127. The lowest BCUT2D eigenvalue weighted by atomic mass is 10.1. The van der Waals surface area contributed by atoms with Crippen molar-refractivity contribution >= 4 is 40.2 Å². The number of carboxylic acid groups (broad SMARTS) is 1. The van der Waals surface area contributed by atoms with Gasteiger partial charge in [-0.3, -0.25) is 9.59 Å². The highest BCUT2D eigenvalue weighted by molar-refractivity contribution is 14.1. The number of nitrogens with two attached hydrogens (primary N) is 1. The molecule has 0 aliphatic rings. The van der Waals surface area contributed by atoms with Crippen molar-refractivity contribution in [2.24, 2.45) is 5.73 Å². The van der Waals surface area contributed by atoms with E-state index in [4.69, 9.17) is 10.8 Å². The van der Waals surface area contributed by atoms with E-state index in [0.29, 0.717) is 5.69 Å². The van der Waals surface area contributed by atoms with Crippen LogP contribution in [0.2, 0.25) is 0 Å². The van der Waals surface area contributed by atoms with Crippen molar-refractivity contribution in [3.63, 3.8) is 0 Å². The van der Waals surface area contributed by atoms with Gasteiger partial charge in [0.1, 0.15) is 0 Å². The van der Waals surface area contributed by atoms with E-state index in [1.807, 2.05) is 18.2 Å². The molecular weight excluding hydrogens is 335 g/mol. The second-order valence-corrected chi connectivity index (χ2v) is 4.78. The fraction of sp³-hybridized carbons (Fsp3) is 0.273. The van der Waals surface area contributed by atoms with Gasteiger partial charge in [-0.1, -0.05) is 6.07 Å². The van der Waals surface area contributed by atoms with Crippen molar-refractivity contribution < 1.29 is 14.7 Å². The quantitative estimate of drug-likeness (QED) is 0.702. The van der Waals surface area contributed by atoms with E-state index in [9.17, 15) is 9.59 Å². The van der Waals surface area contributed by atoms with Crippen LogP contribution in [0.25, 0.3) is 0 Å². The molecule has 0 saturated carbocycles. The highest BCUT2D eigenvalue weighted by Gasteiger charge is 2.14. The molecule has 0 heterocycles. The van der Waals surface area contributed by atoms with E-state index in [1.54, 1.807) is 6.07 Å². The molecule has 0 radical (unpaired) electrons. The van der Waals surface area contributed by atoms with Crippen LogP contribution in [0, 0.1) is 3.57 Å². The third-order valence-electron chi connectivity index (χ3n) is 2.10. The number of carboxylic acids is 1. The van der Waals surface area contributed by atoms with Crippen molar-refractivity contribution in [1.82, 2.24) is 0 Å². The Labute approximate surface area is 113 Å². The number of rotatable bonds is 5. The normalized spacial score (nSPS) is 11.9. The second-order valence-electron chi connectivity index (χ2n) is 3.54. The molecule has 0 bridgehead atoms. The third-order valence-corrected chi connectivity index (χ3v) is 2.77. The average Bonchev–Trinajstić information content (AvgIpc) is 2.25. The van der Waals surface area contributed by atoms with Crippen LogP contribution >= 0.6 is 22.6 Å². The first-order valence-corrected chi connectivity index (χ1v) is 6.10. The monoisotopic (exact) mass is 348 g/mol. The fourth-order valence-corrected chi connectivity index (χ4v) is 1.75. The molecule has 1 amide bonds. The number of hydrogen-bond donors (Lipinski definition) is 3. The molecule has 92 valence electrons. The Bertz CT molecular complexity index is 423. The van der Waals surface area contributed by atoms with Crippen molar-refractivity contribution in [2.75, 3.05) is 5.32 Å². The average molecular weight is 348 g/mol. The van der Waals surface area contributed by atoms with Crippen LogP contribution in [0.15, 0.2) is 24.3 Å². The Balaban J connectivity index is 2.51. The van der Waals surface area contributed by atoms with Crippen LogP contribution in [-0.2, 0) is 9.59 Å². The minimum Gasteiger partial charge on any atom is -0.481 e. The third kappa shape index (κ3) is 5.14. The first-order chi connectivity index (χ1) is 7.99. The van der Waals surface area contributed by atoms with Crippen molar-refractivity contribution in [3.8, 4) is 0 Å². The summed E-state index contributed by atoms with van der Waals surface area (Å²) in [7, 11) is 0. The Morgan fingerprint density at radius 2 is 2.18 bits per heavy atom. The lowest BCUT2D eigenvalue weighted by Crippen LogP contribution is -2.36. The lowest BCUT2D eigenvalue weighted by molar-refractivity contribution is -0.137. The predicted molar refractivity (Wildman–Crippen MR) is 72.6 cm³/mol. The van der Waals surface area contributed by atoms with Gasteiger partial charge in [-0.05, 0) is 47.2 Å². The number of hydrogen-bond acceptors (Lipinski definition) is 3. The first-order valence-electron chi connectivity index (χ1n) is 5.03. The zero-order chi connectivity index (χ0) is 12.8. The zero-order valence-corrected chi connectivity index (χ0v) is 11.2. The Hall–Kier alpha value is -1.15. The summed E-state index contributed by atoms with van der Waals surface area (Å²) in [6.45, 7) is 0. The summed E-state index contributed by atoms with van der Waals surface area (Å²) in [6.07, 6.45) is 0.0198. The van der Waals surface area contributed by atoms with Crippen molar-refractivity contribution in [2.45, 2.75) is 18.9 Å². The maximum atomic E-state index is 11.6. The molecule has 1 rings (SSSR count). The second kappa shape index (κ2) is 6.55. The van der Waals surface area contributed by atoms with Gasteiger partial charge in [0, 0.05) is 15.7 Å². The fourth-order valence-electron chi connectivity index (χ4n) is 1.21. The minimum absolute atomic E-state index is 0.110. The number of benzene rings is 1. The topological polar surface area (TPSA) is 92.4 Å². The molecule has 1 unspecified atom stereocenters. The highest BCUT2D eigenvalue weighted by Crippen LogP contribution is 2.12. The van der Waals surface area contributed by atoms with E-state index in [-0.39, 0.29) is 18.7 Å². The van der Waals surface area contributed by atoms with Crippen LogP contribution in [0.5, 0.6) is 0 Å². The van der Waals surface area contributed by atoms with Gasteiger partial charge in [0.05, 0.1) is 6.04 Å². The summed E-state index contributed by atoms with van der Waals surface area (Å²) in [5, 5.41) is 11.1. The summed E-state index contributed by atoms with van der Waals surface area (Å²) in [6, 6.07) is 6.48. The van der Waals surface area contributed by atoms with E-state index >= 15 is 0 Å². The van der Waals surface area contributed by atoms with Gasteiger partial charge in [0.2, 0.25) is 5.91 Å². The van der Waals surface area contributed by atoms with Gasteiger partial charge in [-0.15, -0.1) is 0 Å². The van der Waals surface area contributed by atoms with Crippen molar-refractivity contribution in [1.29, 1.82) is 0 Å². The number of nitrogens with one attached hydrogen (secondary N) is 1. The van der Waals surface area contributed by atoms with E-state index in [1.165, 1.54) is 0 Å². The first kappa shape index (κ1) is 13.9. The zero-order valence-electron chi connectivity index (χ0n) is 9.02. The van der Waals surface area contributed by atoms with Crippen molar-refractivity contribution in [3.05, 3.63) is 27.8 Å². The Morgan fingerprint density at radius 3 is 2.76 bits per heavy atom. The molecule has 0 aliphatic carbocycles. The summed E-state index contributed by atoms with van der Waals surface area (Å²) < 4.78 is 1.000. The van der Waals surface area contributed by atoms with Crippen LogP contribution in [0.1, 0.15) is 12.8 Å². The molecule has 4 N–H and O–H groups in total. The SMILES string of the molecule is NC(CCC(=O)O)C(=O)Nc1cccc(I)c1. The number of anilines is 1. The van der Waals surface area contributed by atoms with E-state index < -0.39 is 12.0 Å². The predicted octanol–water partition coefficient (Wildman–Crippen LogP) is 1.42. The van der Waals surface area contributed by atoms with Gasteiger partial charge in [-0.25, -0.2) is 0 Å². The van der Waals surface area contributed by atoms with Crippen LogP contribution in [0.4, 0.5) is 5.69 Å². The Morgan fingerprint density at radius 1 is 1.47 bits per heavy atom.